The van der Waals surface area contributed by atoms with Crippen LogP contribution in [0.15, 0.2) is 52.4 Å². The van der Waals surface area contributed by atoms with E-state index in [0.717, 1.165) is 37.1 Å². The molecule has 0 saturated heterocycles. The third-order valence-electron chi connectivity index (χ3n) is 6.35. The summed E-state index contributed by atoms with van der Waals surface area (Å²) in [6, 6.07) is 6.77. The Morgan fingerprint density at radius 2 is 1.67 bits per heavy atom. The zero-order valence-corrected chi connectivity index (χ0v) is 23.8. The molecular weight excluding hydrogens is 472 g/mol. The molecule has 0 amide bonds. The first-order valence-electron chi connectivity index (χ1n) is 13.2. The maximum absolute atomic E-state index is 14.3. The third-order valence-corrected chi connectivity index (χ3v) is 8.25. The van der Waals surface area contributed by atoms with E-state index in [9.17, 15) is 8.42 Å². The molecular formula is C28H44N4O3S. The van der Waals surface area contributed by atoms with Crippen LogP contribution in [0.25, 0.3) is 11.0 Å². The van der Waals surface area contributed by atoms with Gasteiger partial charge in [-0.2, -0.15) is 4.31 Å². The van der Waals surface area contributed by atoms with Gasteiger partial charge >= 0.3 is 0 Å². The summed E-state index contributed by atoms with van der Waals surface area (Å²) in [7, 11) is -3.79. The monoisotopic (exact) mass is 516 g/mol. The van der Waals surface area contributed by atoms with Crippen LogP contribution in [0.1, 0.15) is 60.6 Å². The normalized spacial score (nSPS) is 13.8. The predicted octanol–water partition coefficient (Wildman–Crippen LogP) is 5.87. The number of hydrogen-bond acceptors (Lipinski definition) is 5. The molecule has 200 valence electrons. The lowest BCUT2D eigenvalue weighted by Crippen LogP contribution is -2.48. The van der Waals surface area contributed by atoms with Crippen molar-refractivity contribution in [1.82, 2.24) is 18.8 Å². The maximum Gasteiger partial charge on any atom is 0.243 e. The van der Waals surface area contributed by atoms with Crippen molar-refractivity contribution in [2.45, 2.75) is 78.9 Å². The zero-order valence-electron chi connectivity index (χ0n) is 23.0. The summed E-state index contributed by atoms with van der Waals surface area (Å²) in [6.07, 6.45) is 5.94. The van der Waals surface area contributed by atoms with Crippen LogP contribution in [0.5, 0.6) is 0 Å². The number of furan rings is 1. The smallest absolute Gasteiger partial charge is 0.243 e. The number of benzene rings is 1. The fourth-order valence-corrected chi connectivity index (χ4v) is 6.59. The average molecular weight is 517 g/mol. The zero-order chi connectivity index (χ0) is 26.5. The van der Waals surface area contributed by atoms with E-state index < -0.39 is 10.0 Å². The van der Waals surface area contributed by atoms with Gasteiger partial charge in [-0.3, -0.25) is 0 Å². The van der Waals surface area contributed by atoms with Gasteiger partial charge in [-0.25, -0.2) is 13.4 Å². The van der Waals surface area contributed by atoms with Gasteiger partial charge in [-0.15, -0.1) is 0 Å². The van der Waals surface area contributed by atoms with E-state index in [2.05, 4.69) is 58.4 Å². The molecule has 1 atom stereocenters. The van der Waals surface area contributed by atoms with Crippen molar-refractivity contribution in [1.29, 1.82) is 0 Å². The lowest BCUT2D eigenvalue weighted by atomic mass is 10.0. The average Bonchev–Trinajstić information content (AvgIpc) is 3.43. The molecule has 0 radical (unpaired) electrons. The highest BCUT2D eigenvalue weighted by molar-refractivity contribution is 7.89. The Labute approximate surface area is 217 Å². The Morgan fingerprint density at radius 3 is 2.28 bits per heavy atom. The fraction of sp³-hybridized carbons (Fsp3) is 0.607. The van der Waals surface area contributed by atoms with Gasteiger partial charge in [0.2, 0.25) is 10.0 Å². The first-order valence-corrected chi connectivity index (χ1v) is 14.7. The van der Waals surface area contributed by atoms with Crippen molar-refractivity contribution < 1.29 is 12.8 Å². The summed E-state index contributed by atoms with van der Waals surface area (Å²) in [4.78, 5) is 7.06. The van der Waals surface area contributed by atoms with E-state index >= 15 is 0 Å². The summed E-state index contributed by atoms with van der Waals surface area (Å²) < 4.78 is 37.9. The van der Waals surface area contributed by atoms with Gasteiger partial charge in [0, 0.05) is 43.8 Å². The largest absolute Gasteiger partial charge is 0.464 e. The van der Waals surface area contributed by atoms with E-state index in [-0.39, 0.29) is 12.6 Å². The van der Waals surface area contributed by atoms with Crippen molar-refractivity contribution in [3.05, 3.63) is 48.7 Å². The number of hydrogen-bond donors (Lipinski definition) is 0. The van der Waals surface area contributed by atoms with Crippen LogP contribution in [0.2, 0.25) is 0 Å². The van der Waals surface area contributed by atoms with Crippen LogP contribution in [0.4, 0.5) is 0 Å². The summed E-state index contributed by atoms with van der Waals surface area (Å²) in [5.41, 5.74) is 1.59. The van der Waals surface area contributed by atoms with Crippen molar-refractivity contribution in [3.8, 4) is 0 Å². The Morgan fingerprint density at radius 1 is 0.972 bits per heavy atom. The van der Waals surface area contributed by atoms with Gasteiger partial charge in [0.05, 0.1) is 29.7 Å². The Bertz CT molecular complexity index is 1190. The standard InChI is InChI=1S/C28H44N4O3S/c1-8-31-20-29-15-26(31)19-32(36(33,34)27-9-10-28-24(14-27)11-12-35-28)25(13-21(2)3)18-30(16-22(4)5)17-23(6)7/h9-12,14-15,20-23,25H,8,13,16-19H2,1-7H3/t25-/m0/s1. The van der Waals surface area contributed by atoms with E-state index in [1.807, 2.05) is 10.6 Å². The van der Waals surface area contributed by atoms with Crippen LogP contribution in [-0.4, -0.2) is 52.9 Å². The molecule has 0 aliphatic carbocycles. The minimum absolute atomic E-state index is 0.173. The van der Waals surface area contributed by atoms with E-state index in [1.54, 1.807) is 41.3 Å². The molecule has 2 heterocycles. The summed E-state index contributed by atoms with van der Waals surface area (Å²) >= 11 is 0. The molecule has 0 unspecified atom stereocenters. The van der Waals surface area contributed by atoms with Crippen LogP contribution in [0, 0.1) is 17.8 Å². The number of fused-ring (bicyclic) bond motifs is 1. The summed E-state index contributed by atoms with van der Waals surface area (Å²) in [6.45, 7) is 18.9. The Kier molecular flexibility index (Phi) is 9.78. The van der Waals surface area contributed by atoms with Gasteiger partial charge in [-0.05, 0) is 55.4 Å². The number of rotatable bonds is 14. The van der Waals surface area contributed by atoms with Crippen molar-refractivity contribution in [3.63, 3.8) is 0 Å². The quantitative estimate of drug-likeness (QED) is 0.268. The van der Waals surface area contributed by atoms with Crippen LogP contribution in [0.3, 0.4) is 0 Å². The third kappa shape index (κ3) is 7.20. The molecule has 3 aromatic rings. The van der Waals surface area contributed by atoms with Gasteiger partial charge < -0.3 is 13.9 Å². The van der Waals surface area contributed by atoms with Crippen molar-refractivity contribution >= 4 is 21.0 Å². The van der Waals surface area contributed by atoms with Crippen molar-refractivity contribution in [2.24, 2.45) is 17.8 Å². The highest BCUT2D eigenvalue weighted by Crippen LogP contribution is 2.28. The maximum atomic E-state index is 14.3. The molecule has 0 N–H and O–H groups in total. The van der Waals surface area contributed by atoms with E-state index in [4.69, 9.17) is 4.42 Å². The van der Waals surface area contributed by atoms with Crippen LogP contribution < -0.4 is 0 Å². The van der Waals surface area contributed by atoms with Gasteiger partial charge in [0.1, 0.15) is 5.58 Å². The van der Waals surface area contributed by atoms with Gasteiger partial charge in [0.15, 0.2) is 0 Å². The van der Waals surface area contributed by atoms with Gasteiger partial charge in [0.25, 0.3) is 0 Å². The van der Waals surface area contributed by atoms with Crippen molar-refractivity contribution in [2.75, 3.05) is 19.6 Å². The molecule has 2 aromatic heterocycles. The molecule has 8 heteroatoms. The first-order chi connectivity index (χ1) is 17.0. The number of nitrogens with zero attached hydrogens (tertiary/aromatic N) is 4. The fourth-order valence-electron chi connectivity index (χ4n) is 4.96. The molecule has 0 saturated carbocycles. The lowest BCUT2D eigenvalue weighted by Gasteiger charge is -2.37. The number of sulfonamides is 1. The van der Waals surface area contributed by atoms with Gasteiger partial charge in [-0.1, -0.05) is 41.5 Å². The first kappa shape index (κ1) is 28.4. The molecule has 0 fully saturated rings. The highest BCUT2D eigenvalue weighted by Gasteiger charge is 2.34. The molecule has 36 heavy (non-hydrogen) atoms. The molecule has 0 aliphatic heterocycles. The Hall–Kier alpha value is -2.16. The molecule has 0 bridgehead atoms. The molecule has 0 spiro atoms. The number of aromatic nitrogens is 2. The SMILES string of the molecule is CCn1cncc1CN([C@@H](CC(C)C)CN(CC(C)C)CC(C)C)S(=O)(=O)c1ccc2occc2c1. The summed E-state index contributed by atoms with van der Waals surface area (Å²) in [5.74, 6) is 1.34. The Balaban J connectivity index is 2.07. The predicted molar refractivity (Wildman–Crippen MR) is 146 cm³/mol. The minimum atomic E-state index is -3.79. The molecule has 0 aliphatic rings. The second kappa shape index (κ2) is 12.4. The van der Waals surface area contributed by atoms with E-state index in [0.29, 0.717) is 34.8 Å². The highest BCUT2D eigenvalue weighted by atomic mass is 32.2. The van der Waals surface area contributed by atoms with Crippen LogP contribution in [-0.2, 0) is 23.1 Å². The molecule has 7 nitrogen and oxygen atoms in total. The minimum Gasteiger partial charge on any atom is -0.464 e. The summed E-state index contributed by atoms with van der Waals surface area (Å²) in [5, 5.41) is 0.788. The van der Waals surface area contributed by atoms with E-state index in [1.165, 1.54) is 0 Å². The number of aryl methyl sites for hydroxylation is 1. The number of imidazole rings is 1. The van der Waals surface area contributed by atoms with Crippen LogP contribution >= 0.6 is 0 Å². The second-order valence-corrected chi connectivity index (χ2v) is 13.0. The molecule has 1 aromatic carbocycles. The molecule has 3 rings (SSSR count). The lowest BCUT2D eigenvalue weighted by molar-refractivity contribution is 0.151. The topological polar surface area (TPSA) is 71.6 Å². The second-order valence-electron chi connectivity index (χ2n) is 11.1.